The highest BCUT2D eigenvalue weighted by Gasteiger charge is 2.27. The monoisotopic (exact) mass is 433 g/mol. The third kappa shape index (κ3) is 6.27. The molecule has 1 aliphatic rings. The molecule has 0 saturated carbocycles. The van der Waals surface area contributed by atoms with Crippen LogP contribution in [0.2, 0.25) is 0 Å². The second-order valence-corrected chi connectivity index (χ2v) is 7.88. The highest BCUT2D eigenvalue weighted by molar-refractivity contribution is 5.89. The zero-order valence-electron chi connectivity index (χ0n) is 18.2. The molecule has 3 rings (SSSR count). The predicted octanol–water partition coefficient (Wildman–Crippen LogP) is 6.07. The van der Waals surface area contributed by atoms with E-state index < -0.39 is 5.97 Å². The second kappa shape index (κ2) is 11.2. The molecule has 1 unspecified atom stereocenters. The minimum absolute atomic E-state index is 0.0716. The van der Waals surface area contributed by atoms with Crippen LogP contribution in [-0.4, -0.2) is 17.0 Å². The summed E-state index contributed by atoms with van der Waals surface area (Å²) in [5.41, 5.74) is 3.66. The van der Waals surface area contributed by atoms with Crippen molar-refractivity contribution >= 4 is 24.0 Å². The summed E-state index contributed by atoms with van der Waals surface area (Å²) < 4.78 is 13.5. The molecule has 2 aromatic carbocycles. The number of carboxylic acids is 1. The van der Waals surface area contributed by atoms with Crippen LogP contribution >= 0.6 is 0 Å². The van der Waals surface area contributed by atoms with Gasteiger partial charge < -0.3 is 10.4 Å². The number of benzene rings is 2. The summed E-state index contributed by atoms with van der Waals surface area (Å²) >= 11 is 0. The van der Waals surface area contributed by atoms with E-state index in [1.54, 1.807) is 6.07 Å². The van der Waals surface area contributed by atoms with Gasteiger partial charge in [-0.2, -0.15) is 0 Å². The van der Waals surface area contributed by atoms with E-state index in [0.29, 0.717) is 25.0 Å². The van der Waals surface area contributed by atoms with Gasteiger partial charge in [-0.1, -0.05) is 60.7 Å². The van der Waals surface area contributed by atoms with E-state index in [1.807, 2.05) is 61.6 Å². The van der Waals surface area contributed by atoms with E-state index in [-0.39, 0.29) is 36.1 Å². The van der Waals surface area contributed by atoms with Gasteiger partial charge in [-0.3, -0.25) is 4.79 Å². The molecule has 0 aromatic heterocycles. The number of amides is 1. The second-order valence-electron chi connectivity index (χ2n) is 7.88. The van der Waals surface area contributed by atoms with Crippen molar-refractivity contribution in [2.45, 2.75) is 44.9 Å². The zero-order chi connectivity index (χ0) is 22.9. The van der Waals surface area contributed by atoms with Crippen molar-refractivity contribution in [3.05, 3.63) is 94.5 Å². The van der Waals surface area contributed by atoms with Crippen LogP contribution in [0.1, 0.15) is 61.6 Å². The molecule has 32 heavy (non-hydrogen) atoms. The molecule has 0 aliphatic heterocycles. The summed E-state index contributed by atoms with van der Waals surface area (Å²) in [5.74, 6) is -1.64. The number of carbonyl (C=O) groups excluding carboxylic acids is 1. The number of hydrogen-bond acceptors (Lipinski definition) is 2. The topological polar surface area (TPSA) is 66.4 Å². The Morgan fingerprint density at radius 2 is 1.88 bits per heavy atom. The molecule has 0 fully saturated rings. The first-order valence-electron chi connectivity index (χ1n) is 10.9. The summed E-state index contributed by atoms with van der Waals surface area (Å²) in [6.45, 7) is 1.97. The smallest absolute Gasteiger partial charge is 0.333 e. The fraction of sp³-hybridized carbons (Fsp3) is 0.259. The van der Waals surface area contributed by atoms with Gasteiger partial charge in [0.15, 0.2) is 0 Å². The van der Waals surface area contributed by atoms with Gasteiger partial charge in [0.05, 0.1) is 5.57 Å². The maximum absolute atomic E-state index is 13.5. The number of rotatable bonds is 8. The molecular weight excluding hydrogens is 405 g/mol. The standard InChI is InChI=1S/C27H28FNO3/c1-2-8-19-9-3-4-10-20(19)11-5-6-14-26(30)29-25-16-15-22(18-24(25)27(31)32)21-12-7-13-23(28)17-21/h2-5,7-13,17,22H,6,14-16,18H2,1H3,(H,29,30)(H,31,32)/b8-2-,11-5+. The van der Waals surface area contributed by atoms with Crippen LogP contribution in [0.5, 0.6) is 0 Å². The Kier molecular flexibility index (Phi) is 8.14. The van der Waals surface area contributed by atoms with Gasteiger partial charge in [-0.05, 0) is 67.3 Å². The Morgan fingerprint density at radius 1 is 1.12 bits per heavy atom. The lowest BCUT2D eigenvalue weighted by Crippen LogP contribution is -2.28. The number of nitrogens with one attached hydrogen (secondary N) is 1. The summed E-state index contributed by atoms with van der Waals surface area (Å²) in [6, 6.07) is 14.3. The summed E-state index contributed by atoms with van der Waals surface area (Å²) in [6.07, 6.45) is 10.2. The zero-order valence-corrected chi connectivity index (χ0v) is 18.2. The number of aliphatic carboxylic acids is 1. The highest BCUT2D eigenvalue weighted by atomic mass is 19.1. The van der Waals surface area contributed by atoms with E-state index in [0.717, 1.165) is 16.7 Å². The molecular formula is C27H28FNO3. The van der Waals surface area contributed by atoms with Gasteiger partial charge in [-0.15, -0.1) is 0 Å². The van der Waals surface area contributed by atoms with E-state index in [1.165, 1.54) is 12.1 Å². The largest absolute Gasteiger partial charge is 0.478 e. The Morgan fingerprint density at radius 3 is 2.56 bits per heavy atom. The van der Waals surface area contributed by atoms with Gasteiger partial charge in [0, 0.05) is 12.1 Å². The molecule has 5 heteroatoms. The lowest BCUT2D eigenvalue weighted by Gasteiger charge is -2.26. The van der Waals surface area contributed by atoms with Gasteiger partial charge in [0.25, 0.3) is 0 Å². The first kappa shape index (κ1) is 23.2. The number of halogens is 1. The van der Waals surface area contributed by atoms with Gasteiger partial charge in [-0.25, -0.2) is 9.18 Å². The normalized spacial score (nSPS) is 16.6. The molecule has 1 atom stereocenters. The lowest BCUT2D eigenvalue weighted by atomic mass is 9.82. The van der Waals surface area contributed by atoms with Gasteiger partial charge in [0.1, 0.15) is 5.82 Å². The molecule has 0 bridgehead atoms. The number of carboxylic acid groups (broad SMARTS) is 1. The fourth-order valence-electron chi connectivity index (χ4n) is 3.99. The molecule has 4 nitrogen and oxygen atoms in total. The number of allylic oxidation sites excluding steroid dienone is 3. The van der Waals surface area contributed by atoms with Crippen molar-refractivity contribution in [3.63, 3.8) is 0 Å². The fourth-order valence-corrected chi connectivity index (χ4v) is 3.99. The Bertz CT molecular complexity index is 1070. The van der Waals surface area contributed by atoms with Crippen LogP contribution in [0.15, 0.2) is 72.0 Å². The Hall–Kier alpha value is -3.47. The van der Waals surface area contributed by atoms with Crippen molar-refractivity contribution in [1.29, 1.82) is 0 Å². The molecule has 166 valence electrons. The van der Waals surface area contributed by atoms with E-state index in [9.17, 15) is 19.1 Å². The molecule has 0 radical (unpaired) electrons. The maximum Gasteiger partial charge on any atom is 0.333 e. The van der Waals surface area contributed by atoms with Crippen LogP contribution in [0.4, 0.5) is 4.39 Å². The molecule has 0 spiro atoms. The van der Waals surface area contributed by atoms with Crippen LogP contribution in [0, 0.1) is 5.82 Å². The minimum Gasteiger partial charge on any atom is -0.478 e. The number of carbonyl (C=O) groups is 2. The first-order valence-corrected chi connectivity index (χ1v) is 10.9. The van der Waals surface area contributed by atoms with Crippen molar-refractivity contribution in [2.24, 2.45) is 0 Å². The molecule has 2 aromatic rings. The predicted molar refractivity (Wildman–Crippen MR) is 125 cm³/mol. The molecule has 2 N–H and O–H groups in total. The van der Waals surface area contributed by atoms with E-state index >= 15 is 0 Å². The van der Waals surface area contributed by atoms with Gasteiger partial charge >= 0.3 is 5.97 Å². The van der Waals surface area contributed by atoms with Crippen molar-refractivity contribution in [3.8, 4) is 0 Å². The summed E-state index contributed by atoms with van der Waals surface area (Å²) in [4.78, 5) is 24.2. The summed E-state index contributed by atoms with van der Waals surface area (Å²) in [7, 11) is 0. The van der Waals surface area contributed by atoms with Crippen molar-refractivity contribution in [1.82, 2.24) is 5.32 Å². The van der Waals surface area contributed by atoms with E-state index in [2.05, 4.69) is 5.32 Å². The third-order valence-corrected chi connectivity index (χ3v) is 5.60. The average Bonchev–Trinajstić information content (AvgIpc) is 2.78. The number of hydrogen-bond donors (Lipinski definition) is 2. The quantitative estimate of drug-likeness (QED) is 0.531. The highest BCUT2D eigenvalue weighted by Crippen LogP contribution is 2.36. The maximum atomic E-state index is 13.5. The van der Waals surface area contributed by atoms with Gasteiger partial charge in [0.2, 0.25) is 5.91 Å². The molecule has 0 saturated heterocycles. The SMILES string of the molecule is C/C=C\c1ccccc1/C=C/CCC(=O)NC1=C(C(=O)O)CC(c2cccc(F)c2)CC1. The van der Waals surface area contributed by atoms with Crippen LogP contribution in [-0.2, 0) is 9.59 Å². The minimum atomic E-state index is -1.04. The lowest BCUT2D eigenvalue weighted by molar-refractivity contribution is -0.133. The first-order chi connectivity index (χ1) is 15.5. The van der Waals surface area contributed by atoms with Crippen LogP contribution < -0.4 is 5.32 Å². The van der Waals surface area contributed by atoms with Crippen LogP contribution in [0.3, 0.4) is 0 Å². The summed E-state index contributed by atoms with van der Waals surface area (Å²) in [5, 5.41) is 12.5. The average molecular weight is 434 g/mol. The molecule has 0 heterocycles. The molecule has 1 aliphatic carbocycles. The molecule has 1 amide bonds. The van der Waals surface area contributed by atoms with Crippen molar-refractivity contribution in [2.75, 3.05) is 0 Å². The van der Waals surface area contributed by atoms with Crippen molar-refractivity contribution < 1.29 is 19.1 Å². The van der Waals surface area contributed by atoms with Crippen LogP contribution in [0.25, 0.3) is 12.2 Å². The third-order valence-electron chi connectivity index (χ3n) is 5.60. The van der Waals surface area contributed by atoms with E-state index in [4.69, 9.17) is 0 Å². The Balaban J connectivity index is 1.60. The Labute approximate surface area is 188 Å².